The second-order valence-corrected chi connectivity index (χ2v) is 11.4. The van der Waals surface area contributed by atoms with Crippen molar-refractivity contribution in [2.24, 2.45) is 16.7 Å². The minimum Gasteiger partial charge on any atom is -0.388 e. The summed E-state index contributed by atoms with van der Waals surface area (Å²) in [7, 11) is 3.89. The highest BCUT2D eigenvalue weighted by Crippen LogP contribution is 2.72. The normalized spacial score (nSPS) is 47.8. The van der Waals surface area contributed by atoms with E-state index < -0.39 is 28.8 Å². The van der Waals surface area contributed by atoms with Gasteiger partial charge in [-0.1, -0.05) is 19.1 Å². The molecule has 2 N–H and O–H groups in total. The monoisotopic (exact) mass is 447 g/mol. The molecule has 1 saturated heterocycles. The minimum absolute atomic E-state index is 0.0771. The van der Waals surface area contributed by atoms with E-state index in [2.05, 4.69) is 36.2 Å². The van der Waals surface area contributed by atoms with Gasteiger partial charge in [0.15, 0.2) is 0 Å². The Morgan fingerprint density at radius 3 is 2.61 bits per heavy atom. The topological polar surface area (TPSA) is 89.6 Å². The summed E-state index contributed by atoms with van der Waals surface area (Å²) in [5.41, 5.74) is 1.26. The lowest BCUT2D eigenvalue weighted by molar-refractivity contribution is -0.223. The van der Waals surface area contributed by atoms with Crippen LogP contribution in [0.2, 0.25) is 0 Å². The van der Waals surface area contributed by atoms with Crippen molar-refractivity contribution in [1.82, 2.24) is 9.88 Å². The van der Waals surface area contributed by atoms with E-state index in [0.717, 1.165) is 31.3 Å². The summed E-state index contributed by atoms with van der Waals surface area (Å²) in [6, 6.07) is 6.66. The van der Waals surface area contributed by atoms with Crippen LogP contribution in [0.4, 0.5) is 0 Å². The zero-order valence-electron chi connectivity index (χ0n) is 19.7. The summed E-state index contributed by atoms with van der Waals surface area (Å²) in [5, 5.41) is 32.7. The van der Waals surface area contributed by atoms with E-state index in [1.807, 2.05) is 37.5 Å². The van der Waals surface area contributed by atoms with Crippen molar-refractivity contribution in [2.75, 3.05) is 14.1 Å². The summed E-state index contributed by atoms with van der Waals surface area (Å²) in [4.78, 5) is 6.19. The number of allylic oxidation sites excluding steroid dienone is 2. The third kappa shape index (κ3) is 2.49. The Balaban J connectivity index is 1.47. The predicted octanol–water partition coefficient (Wildman–Crippen LogP) is 3.08. The molecule has 6 nitrogen and oxygen atoms in total. The van der Waals surface area contributed by atoms with Gasteiger partial charge in [0, 0.05) is 24.4 Å². The van der Waals surface area contributed by atoms with Crippen molar-refractivity contribution < 1.29 is 14.9 Å². The standard InChI is InChI=1S/C27H33N3O3/c1-24-8-9-25(16-28)14-19-22(31)23(32)20(30(2)3)15-26(19)10-11-27(25,33-26)21(24)5-4-18(24)17-6-12-29-13-7-17/h4,6-7,12-14,20-23,31-32H,5,8-11,15H2,1-3H3. The van der Waals surface area contributed by atoms with E-state index in [0.29, 0.717) is 12.8 Å². The molecular formula is C27H33N3O3. The van der Waals surface area contributed by atoms with E-state index in [9.17, 15) is 15.5 Å². The fraction of sp³-hybridized carbons (Fsp3) is 0.630. The van der Waals surface area contributed by atoms with Crippen LogP contribution in [-0.2, 0) is 4.74 Å². The van der Waals surface area contributed by atoms with Crippen LogP contribution in [0, 0.1) is 28.1 Å². The van der Waals surface area contributed by atoms with Gasteiger partial charge in [-0.2, -0.15) is 5.26 Å². The van der Waals surface area contributed by atoms with Crippen LogP contribution < -0.4 is 0 Å². The van der Waals surface area contributed by atoms with Crippen molar-refractivity contribution in [3.05, 3.63) is 47.8 Å². The van der Waals surface area contributed by atoms with Gasteiger partial charge < -0.3 is 19.8 Å². The van der Waals surface area contributed by atoms with Crippen LogP contribution in [0.25, 0.3) is 5.57 Å². The van der Waals surface area contributed by atoms with Gasteiger partial charge in [0.05, 0.1) is 23.4 Å². The van der Waals surface area contributed by atoms with Gasteiger partial charge in [0.25, 0.3) is 0 Å². The second kappa shape index (κ2) is 6.76. The number of nitrogens with zero attached hydrogens (tertiary/aromatic N) is 3. The van der Waals surface area contributed by atoms with Crippen LogP contribution in [0.3, 0.4) is 0 Å². The first-order valence-corrected chi connectivity index (χ1v) is 12.2. The molecule has 33 heavy (non-hydrogen) atoms. The van der Waals surface area contributed by atoms with E-state index in [-0.39, 0.29) is 17.4 Å². The molecule has 3 fully saturated rings. The van der Waals surface area contributed by atoms with Gasteiger partial charge in [-0.05, 0) is 86.9 Å². The molecule has 3 heterocycles. The average molecular weight is 448 g/mol. The van der Waals surface area contributed by atoms with Crippen molar-refractivity contribution in [3.8, 4) is 6.07 Å². The summed E-state index contributed by atoms with van der Waals surface area (Å²) < 4.78 is 7.20. The molecule has 5 aliphatic rings. The third-order valence-electron chi connectivity index (χ3n) is 9.93. The van der Waals surface area contributed by atoms with Crippen molar-refractivity contribution in [1.29, 1.82) is 5.26 Å². The zero-order chi connectivity index (χ0) is 23.2. The van der Waals surface area contributed by atoms with Crippen LogP contribution in [0.15, 0.2) is 42.3 Å². The molecule has 2 spiro atoms. The number of hydrogen-bond acceptors (Lipinski definition) is 6. The Kier molecular flexibility index (Phi) is 4.40. The number of aliphatic hydroxyl groups is 2. The lowest BCUT2D eigenvalue weighted by Gasteiger charge is -2.61. The Labute approximate surface area is 195 Å². The quantitative estimate of drug-likeness (QED) is 0.678. The largest absolute Gasteiger partial charge is 0.388 e. The highest BCUT2D eigenvalue weighted by molar-refractivity contribution is 5.73. The molecule has 1 aromatic heterocycles. The SMILES string of the molecule is CN(C)C1CC23CCC4(O2)C2CC=C(c5ccncc5)C2(C)CCC4(C#N)C=C3C(O)C1O. The zero-order valence-corrected chi connectivity index (χ0v) is 19.7. The molecule has 0 amide bonds. The van der Waals surface area contributed by atoms with E-state index in [1.54, 1.807) is 0 Å². The fourth-order valence-electron chi connectivity index (χ4n) is 8.22. The maximum atomic E-state index is 11.2. The molecule has 2 aliphatic heterocycles. The first-order chi connectivity index (χ1) is 15.7. The van der Waals surface area contributed by atoms with Crippen LogP contribution in [-0.4, -0.2) is 63.6 Å². The average Bonchev–Trinajstić information content (AvgIpc) is 3.34. The van der Waals surface area contributed by atoms with Crippen molar-refractivity contribution in [2.45, 2.75) is 74.9 Å². The molecule has 6 heteroatoms. The Bertz CT molecular complexity index is 1090. The molecule has 2 bridgehead atoms. The van der Waals surface area contributed by atoms with E-state index >= 15 is 0 Å². The van der Waals surface area contributed by atoms with Crippen LogP contribution >= 0.6 is 0 Å². The summed E-state index contributed by atoms with van der Waals surface area (Å²) in [5.74, 6) is 0.195. The Morgan fingerprint density at radius 2 is 1.91 bits per heavy atom. The number of nitriles is 1. The summed E-state index contributed by atoms with van der Waals surface area (Å²) >= 11 is 0. The number of fused-ring (bicyclic) bond motifs is 1. The number of likely N-dealkylation sites (N-methyl/N-ethyl adjacent to an activating group) is 1. The smallest absolute Gasteiger partial charge is 0.105 e. The molecule has 6 rings (SSSR count). The van der Waals surface area contributed by atoms with Gasteiger partial charge >= 0.3 is 0 Å². The van der Waals surface area contributed by atoms with Gasteiger partial charge in [-0.15, -0.1) is 0 Å². The molecule has 3 aliphatic carbocycles. The fourth-order valence-corrected chi connectivity index (χ4v) is 8.22. The van der Waals surface area contributed by atoms with Gasteiger partial charge in [0.2, 0.25) is 0 Å². The second-order valence-electron chi connectivity index (χ2n) is 11.4. The molecule has 8 unspecified atom stereocenters. The number of hydrogen-bond donors (Lipinski definition) is 2. The van der Waals surface area contributed by atoms with Gasteiger partial charge in [-0.25, -0.2) is 0 Å². The van der Waals surface area contributed by atoms with Gasteiger partial charge in [0.1, 0.15) is 11.5 Å². The molecule has 0 aromatic carbocycles. The highest BCUT2D eigenvalue weighted by atomic mass is 16.5. The number of rotatable bonds is 2. The summed E-state index contributed by atoms with van der Waals surface area (Å²) in [6.45, 7) is 2.35. The van der Waals surface area contributed by atoms with Crippen molar-refractivity contribution in [3.63, 3.8) is 0 Å². The lowest BCUT2D eigenvalue weighted by Crippen LogP contribution is -2.66. The molecule has 8 atom stereocenters. The Hall–Kier alpha value is -2.04. The third-order valence-corrected chi connectivity index (χ3v) is 9.93. The van der Waals surface area contributed by atoms with Crippen LogP contribution in [0.5, 0.6) is 0 Å². The van der Waals surface area contributed by atoms with Gasteiger partial charge in [-0.3, -0.25) is 4.98 Å². The first-order valence-electron chi connectivity index (χ1n) is 12.2. The van der Waals surface area contributed by atoms with Crippen molar-refractivity contribution >= 4 is 5.57 Å². The molecule has 1 aromatic rings. The Morgan fingerprint density at radius 1 is 1.15 bits per heavy atom. The minimum atomic E-state index is -1.00. The molecule has 2 saturated carbocycles. The maximum absolute atomic E-state index is 11.2. The maximum Gasteiger partial charge on any atom is 0.105 e. The molecular weight excluding hydrogens is 414 g/mol. The predicted molar refractivity (Wildman–Crippen MR) is 124 cm³/mol. The number of ether oxygens (including phenoxy) is 1. The number of pyridine rings is 1. The lowest BCUT2D eigenvalue weighted by atomic mass is 9.49. The first kappa shape index (κ1) is 21.5. The number of aliphatic hydroxyl groups excluding tert-OH is 2. The van der Waals surface area contributed by atoms with Crippen LogP contribution in [0.1, 0.15) is 51.0 Å². The van der Waals surface area contributed by atoms with E-state index in [1.165, 1.54) is 11.1 Å². The summed E-state index contributed by atoms with van der Waals surface area (Å²) in [6.07, 6.45) is 10.9. The molecule has 174 valence electrons. The van der Waals surface area contributed by atoms with E-state index in [4.69, 9.17) is 4.74 Å². The number of aromatic nitrogens is 1. The molecule has 0 radical (unpaired) electrons. The highest BCUT2D eigenvalue weighted by Gasteiger charge is 2.74.